The molecule has 0 aromatic heterocycles. The molecule has 0 saturated heterocycles. The molecule has 0 aliphatic rings. The fourth-order valence-corrected chi connectivity index (χ4v) is 13.3. The lowest BCUT2D eigenvalue weighted by atomic mass is 9.91. The van der Waals surface area contributed by atoms with Gasteiger partial charge in [-0.25, -0.2) is 0 Å². The molecule has 0 heterocycles. The van der Waals surface area contributed by atoms with E-state index in [0.717, 1.165) is 89.9 Å². The van der Waals surface area contributed by atoms with Gasteiger partial charge in [-0.1, -0.05) is 46.9 Å². The summed E-state index contributed by atoms with van der Waals surface area (Å²) in [6.07, 6.45) is 7.09. The number of halogens is 7. The van der Waals surface area contributed by atoms with Gasteiger partial charge in [0.15, 0.2) is 0 Å². The summed E-state index contributed by atoms with van der Waals surface area (Å²) in [6.45, 7) is 44.9. The number of aliphatic hydroxyl groups excluding tert-OH is 2. The number of aryl methyl sites for hydroxylation is 4. The summed E-state index contributed by atoms with van der Waals surface area (Å²) in [7, 11) is 8.41. The van der Waals surface area contributed by atoms with Crippen molar-refractivity contribution in [3.05, 3.63) is 115 Å². The van der Waals surface area contributed by atoms with Gasteiger partial charge in [-0.15, -0.1) is 58.0 Å². The van der Waals surface area contributed by atoms with E-state index in [1.165, 1.54) is 45.7 Å². The number of nitrogen functional groups attached to an aromatic ring is 2. The molecule has 4 rings (SSSR count). The summed E-state index contributed by atoms with van der Waals surface area (Å²) >= 11 is 32.7. The zero-order valence-electron chi connectivity index (χ0n) is 90.0. The van der Waals surface area contributed by atoms with Crippen LogP contribution in [0.15, 0.2) is 72.8 Å². The van der Waals surface area contributed by atoms with Crippen LogP contribution in [0.25, 0.3) is 0 Å². The summed E-state index contributed by atoms with van der Waals surface area (Å²) < 4.78 is 33.0. The standard InChI is InChI=1S/C20H30BCl2N2O3.C16H24BN2O3.C15H22Cl2N2O2.C10H17BNO4.C9H16BINO3.C9H17BNO4.C8H15BNO3.C7H8IN.C2H3ClO.CO2.CH4O/c1-15-5-6-18(25(9-7-22)10-8-23)12-16(15)11-17(24-21-14-26)13-19(27)28-20(2,3)4;1-11-5-6-13(18)7-12(11)8-14(19-17-10-20)9-15(21)22-16(2,3)4;1-11-2-3-14(19(6-4-16)7-5-17)9-12(11)8-13(18)10-15(20)21;1-7(14)8(12-11-6-13)5-9(15)16-10(2,3)4;1-9(2,3)15-8(14)4-7(5-11)12-10-6-13;1-9(2,3)15-8(14)4-7(5-12)11-10-6-13;1-8(2,3)13-7(12)4-5-10-9-6-11;1-5-2-3-6(9)4-7(5)8;3-1-2-4;2-1-3;1-2/h5-6,12,14,17,24H,7-11,13H2,1-4H3;5-7,10,14,19H,8-9,18H2,1-4H3;2-3,9,13H,4-8,10,18H2,1H3,(H,20,21);6,8,12H,5H2,1-4H3;6-7,12H,4-5H2,1-3H3;6-7,11-12H,4-5H2,1-3H3;6,10H,4-5H2,1-3H3;2-4H,9H2,1H3;2H,1H2;;2H,1H3/t17-;14-;13-;8-;2*7-;;;;;/m000111...../s1. The number of alkyl halides is 6. The number of hydrogen-bond donors (Lipinski definition) is 12. The maximum atomic E-state index is 12.3. The van der Waals surface area contributed by atoms with Gasteiger partial charge in [0.25, 0.3) is 44.5 Å². The van der Waals surface area contributed by atoms with Crippen molar-refractivity contribution in [3.8, 4) is 0 Å². The average Bonchev–Trinajstić information content (AvgIpc) is 0.824. The maximum Gasteiger partial charge on any atom is 0.373 e. The fraction of sp³-hybridized carbons (Fsp3) is 0.592. The minimum Gasteiger partial charge on any atom is -0.481 e. The summed E-state index contributed by atoms with van der Waals surface area (Å²) in [4.78, 5) is 182. The lowest BCUT2D eigenvalue weighted by Gasteiger charge is -2.26. The number of rotatable bonds is 52. The molecule has 6 atom stereocenters. The van der Waals surface area contributed by atoms with E-state index in [9.17, 15) is 67.1 Å². The number of nitrogens with one attached hydrogen (secondary N) is 6. The van der Waals surface area contributed by atoms with E-state index in [2.05, 4.69) is 105 Å². The molecule has 4 aromatic carbocycles. The number of nitrogens with two attached hydrogens (primary N) is 3. The third-order valence-corrected chi connectivity index (χ3v) is 20.4. The minimum absolute atomic E-state index is 0.0259. The van der Waals surface area contributed by atoms with E-state index in [-0.39, 0.29) is 117 Å². The Morgan fingerprint density at radius 2 is 0.709 bits per heavy atom. The van der Waals surface area contributed by atoms with Crippen molar-refractivity contribution in [1.82, 2.24) is 31.4 Å². The molecule has 50 heteroatoms. The SMILES string of the molecule is CC(=O)[C@@H](CC(=O)OC(C)(C)C)N[B]C=O.CC(C)(C)OC(=O)CCN[B]C=O.CC(C)(C)OC(=O)C[C@H](CI)N[B]C=O.CC(C)(C)OC(=O)C[C@H](CO)N[B]C=O.CO.Cc1ccc(N(CCCl)CCCl)cc1C[C@@H](CC(=O)OC(C)(C)C)N[B]C=O.Cc1ccc(N(CCCl)CCCl)cc1C[C@H](N)CC(=O)O.Cc1ccc(N)cc1C[C@@H](CC(=O)OC(C)(C)C)N[B]C=O.Cc1ccc(N)cc1I.O=C=O.O=CCCl. The van der Waals surface area contributed by atoms with E-state index in [0.29, 0.717) is 112 Å². The Bertz CT molecular complexity index is 4420. The molecular formula is C98H156B6Cl5I2N11O26. The molecule has 148 heavy (non-hydrogen) atoms. The monoisotopic (exact) mass is 2400 g/mol. The molecule has 0 bridgehead atoms. The van der Waals surface area contributed by atoms with Gasteiger partial charge in [-0.05, 0) is 295 Å². The predicted octanol–water partition coefficient (Wildman–Crippen LogP) is 9.79. The number of aliphatic hydroxyl groups is 2. The molecule has 4 aromatic rings. The van der Waals surface area contributed by atoms with Gasteiger partial charge in [0, 0.05) is 118 Å². The first kappa shape index (κ1) is 153. The molecule has 826 valence electrons. The molecule has 15 N–H and O–H groups in total. The third-order valence-electron chi connectivity index (χ3n) is 17.4. The third kappa shape index (κ3) is 95.2. The number of carbonyl (C=O) groups excluding carboxylic acids is 16. The number of Topliss-reactive ketones (excluding diaryl/α,β-unsaturated/α-hetero) is 1. The van der Waals surface area contributed by atoms with Crippen molar-refractivity contribution < 1.29 is 125 Å². The lowest BCUT2D eigenvalue weighted by molar-refractivity contribution is -0.192. The van der Waals surface area contributed by atoms with E-state index >= 15 is 0 Å². The Hall–Kier alpha value is -7.95. The topological polar surface area (TPSA) is 563 Å². The highest BCUT2D eigenvalue weighted by molar-refractivity contribution is 14.1. The zero-order valence-corrected chi connectivity index (χ0v) is 98.1. The first-order chi connectivity index (χ1) is 68.9. The number of aliphatic carboxylic acids is 1. The second-order valence-electron chi connectivity index (χ2n) is 37.7. The van der Waals surface area contributed by atoms with E-state index in [1.54, 1.807) is 41.5 Å². The number of carboxylic acids is 1. The quantitative estimate of drug-likeness (QED) is 0.00286. The average molecular weight is 2400 g/mol. The van der Waals surface area contributed by atoms with Crippen LogP contribution in [-0.4, -0.2) is 307 Å². The smallest absolute Gasteiger partial charge is 0.373 e. The first-order valence-corrected chi connectivity index (χ1v) is 52.0. The summed E-state index contributed by atoms with van der Waals surface area (Å²) in [5.41, 5.74) is 25.5. The predicted molar refractivity (Wildman–Crippen MR) is 612 cm³/mol. The molecule has 37 nitrogen and oxygen atoms in total. The number of aldehydes is 1. The van der Waals surface area contributed by atoms with Gasteiger partial charge in [0.2, 0.25) is 0 Å². The normalized spacial score (nSPS) is 11.7. The number of esters is 6. The molecule has 0 fully saturated rings. The molecule has 6 radical (unpaired) electrons. The maximum absolute atomic E-state index is 12.3. The second-order valence-corrected chi connectivity index (χ2v) is 41.6. The highest BCUT2D eigenvalue weighted by Gasteiger charge is 2.28. The van der Waals surface area contributed by atoms with Crippen molar-refractivity contribution in [3.63, 3.8) is 0 Å². The van der Waals surface area contributed by atoms with E-state index in [1.807, 2.05) is 165 Å². The van der Waals surface area contributed by atoms with Gasteiger partial charge in [0.05, 0.1) is 101 Å². The van der Waals surface area contributed by atoms with E-state index < -0.39 is 63.6 Å². The summed E-state index contributed by atoms with van der Waals surface area (Å²) in [6, 6.07) is 21.8. The van der Waals surface area contributed by atoms with Crippen molar-refractivity contribution in [2.45, 2.75) is 293 Å². The highest BCUT2D eigenvalue weighted by Crippen LogP contribution is 2.26. The van der Waals surface area contributed by atoms with Crippen LogP contribution >= 0.6 is 103 Å². The Kier molecular flexibility index (Phi) is 92.5. The lowest BCUT2D eigenvalue weighted by Crippen LogP contribution is -2.41. The number of carbonyl (C=O) groups is 15. The van der Waals surface area contributed by atoms with Crippen LogP contribution in [0.2, 0.25) is 0 Å². The number of nitrogens with zero attached hydrogens (tertiary/aromatic N) is 2. The Morgan fingerprint density at radius 1 is 0.426 bits per heavy atom. The number of anilines is 4. The number of ketones is 1. The van der Waals surface area contributed by atoms with Gasteiger partial charge in [-0.2, -0.15) is 9.59 Å². The molecule has 0 spiro atoms. The number of hydrogen-bond acceptors (Lipinski definition) is 36. The first-order valence-electron chi connectivity index (χ1n) is 46.7. The molecule has 0 aliphatic heterocycles. The van der Waals surface area contributed by atoms with Crippen molar-refractivity contribution in [2.75, 3.05) is 102 Å². The van der Waals surface area contributed by atoms with Gasteiger partial charge in [0.1, 0.15) is 45.7 Å². The number of ether oxygens (including phenoxy) is 6. The molecular weight excluding hydrogens is 2240 g/mol. The fourth-order valence-electron chi connectivity index (χ4n) is 11.4. The van der Waals surface area contributed by atoms with Gasteiger partial charge >= 0.3 is 47.9 Å². The molecule has 0 unspecified atom stereocenters. The van der Waals surface area contributed by atoms with Crippen LogP contribution < -0.4 is 58.4 Å². The molecule has 0 saturated carbocycles. The zero-order chi connectivity index (χ0) is 116. The molecule has 0 amide bonds. The van der Waals surface area contributed by atoms with Gasteiger partial charge in [-0.3, -0.25) is 38.4 Å². The number of benzene rings is 4. The van der Waals surface area contributed by atoms with Crippen molar-refractivity contribution in [2.24, 2.45) is 5.73 Å². The Morgan fingerprint density at radius 3 is 1.01 bits per heavy atom. The summed E-state index contributed by atoms with van der Waals surface area (Å²) in [5, 5.41) is 41.3. The van der Waals surface area contributed by atoms with Crippen LogP contribution in [-0.2, 0) is 129 Å². The number of carboxylic acid groups (broad SMARTS) is 1. The van der Waals surface area contributed by atoms with Crippen molar-refractivity contribution >= 4 is 268 Å². The van der Waals surface area contributed by atoms with Gasteiger partial charge < -0.3 is 136 Å². The Labute approximate surface area is 932 Å². The van der Waals surface area contributed by atoms with Crippen LogP contribution in [0.3, 0.4) is 0 Å². The van der Waals surface area contributed by atoms with Crippen LogP contribution in [0.1, 0.15) is 215 Å². The largest absolute Gasteiger partial charge is 0.481 e. The second kappa shape index (κ2) is 89.5. The minimum atomic E-state index is -0.873. The highest BCUT2D eigenvalue weighted by atomic mass is 127. The Balaban J connectivity index is -0.000000308. The summed E-state index contributed by atoms with van der Waals surface area (Å²) in [5.74, 6) is -0.907. The van der Waals surface area contributed by atoms with Crippen LogP contribution in [0, 0.1) is 31.3 Å². The van der Waals surface area contributed by atoms with Crippen LogP contribution in [0.5, 0.6) is 0 Å². The van der Waals surface area contributed by atoms with Crippen LogP contribution in [0.4, 0.5) is 22.7 Å². The van der Waals surface area contributed by atoms with E-state index in [4.69, 9.17) is 133 Å². The molecule has 0 aliphatic carbocycles. The van der Waals surface area contributed by atoms with Crippen molar-refractivity contribution in [1.29, 1.82) is 0 Å².